The fraction of sp³-hybridized carbons (Fsp3) is 0.571. The number of carbonyl (C=O) groups is 2. The lowest BCUT2D eigenvalue weighted by atomic mass is 10.2. The van der Waals surface area contributed by atoms with E-state index in [0.29, 0.717) is 13.2 Å². The van der Waals surface area contributed by atoms with Crippen LogP contribution >= 0.6 is 11.3 Å². The minimum Gasteiger partial charge on any atom is -0.465 e. The normalized spacial score (nSPS) is 18.9. The molecule has 1 aliphatic rings. The van der Waals surface area contributed by atoms with Gasteiger partial charge in [0.05, 0.1) is 19.7 Å². The van der Waals surface area contributed by atoms with Gasteiger partial charge in [-0.25, -0.2) is 0 Å². The molecule has 5 nitrogen and oxygen atoms in total. The number of nitrogens with one attached hydrogen (secondary N) is 1. The Morgan fingerprint density at radius 1 is 1.55 bits per heavy atom. The van der Waals surface area contributed by atoms with Crippen molar-refractivity contribution in [2.45, 2.75) is 32.4 Å². The van der Waals surface area contributed by atoms with E-state index in [-0.39, 0.29) is 24.5 Å². The van der Waals surface area contributed by atoms with Gasteiger partial charge in [-0.15, -0.1) is 11.3 Å². The average Bonchev–Trinajstić information content (AvgIpc) is 3.07. The molecule has 0 aromatic carbocycles. The summed E-state index contributed by atoms with van der Waals surface area (Å²) in [6.07, 6.45) is 1.71. The number of nitrogens with zero attached hydrogens (tertiary/aromatic N) is 1. The molecule has 1 aromatic rings. The third kappa shape index (κ3) is 4.05. The predicted molar refractivity (Wildman–Crippen MR) is 77.4 cm³/mol. The Hall–Kier alpha value is -1.40. The zero-order valence-corrected chi connectivity index (χ0v) is 12.4. The lowest BCUT2D eigenvalue weighted by Gasteiger charge is -2.22. The van der Waals surface area contributed by atoms with Crippen molar-refractivity contribution < 1.29 is 14.3 Å². The molecule has 0 saturated carbocycles. The topological polar surface area (TPSA) is 58.6 Å². The average molecular weight is 296 g/mol. The van der Waals surface area contributed by atoms with E-state index in [1.165, 1.54) is 0 Å². The van der Waals surface area contributed by atoms with Gasteiger partial charge in [-0.05, 0) is 37.8 Å². The largest absolute Gasteiger partial charge is 0.465 e. The van der Waals surface area contributed by atoms with Crippen molar-refractivity contribution in [3.8, 4) is 0 Å². The molecule has 1 atom stereocenters. The summed E-state index contributed by atoms with van der Waals surface area (Å²) < 4.78 is 5.05. The fourth-order valence-corrected chi connectivity index (χ4v) is 3.00. The van der Waals surface area contributed by atoms with Crippen molar-refractivity contribution in [3.63, 3.8) is 0 Å². The van der Waals surface area contributed by atoms with Crippen molar-refractivity contribution in [2.75, 3.05) is 19.7 Å². The lowest BCUT2D eigenvalue weighted by molar-refractivity contribution is -0.148. The van der Waals surface area contributed by atoms with E-state index in [0.717, 1.165) is 24.3 Å². The Balaban J connectivity index is 1.79. The van der Waals surface area contributed by atoms with Gasteiger partial charge in [-0.1, -0.05) is 6.07 Å². The number of amides is 1. The Morgan fingerprint density at radius 2 is 2.40 bits per heavy atom. The number of hydrogen-bond donors (Lipinski definition) is 1. The van der Waals surface area contributed by atoms with Crippen LogP contribution in [0.1, 0.15) is 24.6 Å². The van der Waals surface area contributed by atoms with Crippen molar-refractivity contribution >= 4 is 23.2 Å². The Bertz CT molecular complexity index is 447. The second-order valence-corrected chi connectivity index (χ2v) is 5.77. The molecule has 1 fully saturated rings. The Kier molecular flexibility index (Phi) is 5.55. The smallest absolute Gasteiger partial charge is 0.323 e. The number of esters is 1. The molecule has 0 radical (unpaired) electrons. The zero-order valence-electron chi connectivity index (χ0n) is 11.6. The molecular formula is C14H20N2O3S. The second-order valence-electron chi connectivity index (χ2n) is 4.74. The molecule has 1 unspecified atom stereocenters. The first-order valence-electron chi connectivity index (χ1n) is 6.90. The first-order chi connectivity index (χ1) is 9.70. The number of rotatable bonds is 6. The molecule has 0 aliphatic carbocycles. The minimum absolute atomic E-state index is 0.0467. The van der Waals surface area contributed by atoms with Crippen LogP contribution in [0.2, 0.25) is 0 Å². The van der Waals surface area contributed by atoms with Gasteiger partial charge in [-0.2, -0.15) is 0 Å². The van der Waals surface area contributed by atoms with Crippen LogP contribution in [0.3, 0.4) is 0 Å². The maximum absolute atomic E-state index is 11.9. The van der Waals surface area contributed by atoms with Crippen molar-refractivity contribution in [3.05, 3.63) is 22.4 Å². The highest BCUT2D eigenvalue weighted by Crippen LogP contribution is 2.18. The summed E-state index contributed by atoms with van der Waals surface area (Å²) in [6, 6.07) is 3.69. The highest BCUT2D eigenvalue weighted by molar-refractivity contribution is 7.09. The van der Waals surface area contributed by atoms with Gasteiger partial charge >= 0.3 is 5.97 Å². The van der Waals surface area contributed by atoms with E-state index in [4.69, 9.17) is 4.74 Å². The maximum Gasteiger partial charge on any atom is 0.323 e. The van der Waals surface area contributed by atoms with Gasteiger partial charge in [-0.3, -0.25) is 14.5 Å². The molecule has 0 spiro atoms. The monoisotopic (exact) mass is 296 g/mol. The van der Waals surface area contributed by atoms with Gasteiger partial charge in [0, 0.05) is 4.88 Å². The first kappa shape index (κ1) is 15.0. The predicted octanol–water partition coefficient (Wildman–Crippen LogP) is 1.39. The van der Waals surface area contributed by atoms with Crippen LogP contribution in [0.15, 0.2) is 17.5 Å². The van der Waals surface area contributed by atoms with Crippen LogP contribution in [0.5, 0.6) is 0 Å². The van der Waals surface area contributed by atoms with Gasteiger partial charge in [0.2, 0.25) is 5.91 Å². The van der Waals surface area contributed by atoms with Crippen molar-refractivity contribution in [2.24, 2.45) is 0 Å². The number of likely N-dealkylation sites (tertiary alicyclic amines) is 1. The zero-order chi connectivity index (χ0) is 14.4. The van der Waals surface area contributed by atoms with Crippen LogP contribution in [0, 0.1) is 0 Å². The summed E-state index contributed by atoms with van der Waals surface area (Å²) in [5.41, 5.74) is 0. The molecule has 110 valence electrons. The van der Waals surface area contributed by atoms with Crippen LogP contribution in [-0.4, -0.2) is 42.5 Å². The highest BCUT2D eigenvalue weighted by Gasteiger charge is 2.32. The molecule has 1 aliphatic heterocycles. The second kappa shape index (κ2) is 7.40. The quantitative estimate of drug-likeness (QED) is 0.806. The minimum atomic E-state index is -0.262. The van der Waals surface area contributed by atoms with Gasteiger partial charge < -0.3 is 10.1 Å². The van der Waals surface area contributed by atoms with Gasteiger partial charge in [0.25, 0.3) is 0 Å². The summed E-state index contributed by atoms with van der Waals surface area (Å²) in [5.74, 6) is -0.259. The van der Waals surface area contributed by atoms with E-state index in [1.54, 1.807) is 18.3 Å². The summed E-state index contributed by atoms with van der Waals surface area (Å²) in [6.45, 7) is 3.76. The van der Waals surface area contributed by atoms with E-state index in [2.05, 4.69) is 5.32 Å². The third-order valence-corrected chi connectivity index (χ3v) is 4.19. The van der Waals surface area contributed by atoms with Gasteiger partial charge in [0.1, 0.15) is 6.04 Å². The van der Waals surface area contributed by atoms with Crippen molar-refractivity contribution in [1.82, 2.24) is 10.2 Å². The number of thiophene rings is 1. The van der Waals surface area contributed by atoms with Crippen LogP contribution in [0.4, 0.5) is 0 Å². The highest BCUT2D eigenvalue weighted by atomic mass is 32.1. The fourth-order valence-electron chi connectivity index (χ4n) is 2.36. The molecule has 0 bridgehead atoms. The maximum atomic E-state index is 11.9. The standard InChI is InChI=1S/C14H20N2O3S/c1-2-19-14(18)12-6-3-7-16(12)10-13(17)15-9-11-5-4-8-20-11/h4-5,8,12H,2-3,6-7,9-10H2,1H3,(H,15,17). The van der Waals surface area contributed by atoms with E-state index >= 15 is 0 Å². The van der Waals surface area contributed by atoms with E-state index in [1.807, 2.05) is 22.4 Å². The molecular weight excluding hydrogens is 276 g/mol. The van der Waals surface area contributed by atoms with Gasteiger partial charge in [0.15, 0.2) is 0 Å². The molecule has 1 aromatic heterocycles. The summed E-state index contributed by atoms with van der Waals surface area (Å²) in [4.78, 5) is 26.7. The molecule has 1 saturated heterocycles. The summed E-state index contributed by atoms with van der Waals surface area (Å²) in [5, 5.41) is 4.87. The lowest BCUT2D eigenvalue weighted by Crippen LogP contribution is -2.43. The number of ether oxygens (including phenoxy) is 1. The third-order valence-electron chi connectivity index (χ3n) is 3.31. The summed E-state index contributed by atoms with van der Waals surface area (Å²) >= 11 is 1.62. The molecule has 6 heteroatoms. The molecule has 20 heavy (non-hydrogen) atoms. The summed E-state index contributed by atoms with van der Waals surface area (Å²) in [7, 11) is 0. The molecule has 1 N–H and O–H groups in total. The first-order valence-corrected chi connectivity index (χ1v) is 7.78. The van der Waals surface area contributed by atoms with Crippen LogP contribution < -0.4 is 5.32 Å². The van der Waals surface area contributed by atoms with E-state index < -0.39 is 0 Å². The van der Waals surface area contributed by atoms with Crippen LogP contribution in [0.25, 0.3) is 0 Å². The number of carbonyl (C=O) groups excluding carboxylic acids is 2. The molecule has 2 heterocycles. The SMILES string of the molecule is CCOC(=O)C1CCCN1CC(=O)NCc1cccs1. The van der Waals surface area contributed by atoms with Crippen molar-refractivity contribution in [1.29, 1.82) is 0 Å². The Labute approximate surface area is 122 Å². The molecule has 2 rings (SSSR count). The van der Waals surface area contributed by atoms with Crippen LogP contribution in [-0.2, 0) is 20.9 Å². The Morgan fingerprint density at radius 3 is 3.10 bits per heavy atom. The number of hydrogen-bond acceptors (Lipinski definition) is 5. The van der Waals surface area contributed by atoms with E-state index in [9.17, 15) is 9.59 Å². The molecule has 1 amide bonds.